The lowest BCUT2D eigenvalue weighted by Gasteiger charge is -2.12. The second-order valence-corrected chi connectivity index (χ2v) is 5.22. The molecule has 1 fully saturated rings. The highest BCUT2D eigenvalue weighted by atomic mass is 79.9. The molecular weight excluding hydrogens is 282 g/mol. The van der Waals surface area contributed by atoms with Gasteiger partial charge in [-0.15, -0.1) is 0 Å². The molecule has 4 nitrogen and oxygen atoms in total. The molecule has 1 aromatic heterocycles. The molecule has 0 radical (unpaired) electrons. The van der Waals surface area contributed by atoms with Gasteiger partial charge in [0.2, 0.25) is 0 Å². The number of halogens is 1. The van der Waals surface area contributed by atoms with E-state index in [0.29, 0.717) is 16.1 Å². The van der Waals surface area contributed by atoms with Gasteiger partial charge in [0.15, 0.2) is 0 Å². The molecule has 0 aliphatic carbocycles. The Labute approximate surface area is 110 Å². The number of nitrogens with one attached hydrogen (secondary N) is 1. The first-order valence-electron chi connectivity index (χ1n) is 5.74. The van der Waals surface area contributed by atoms with Gasteiger partial charge in [-0.3, -0.25) is 4.79 Å². The zero-order valence-electron chi connectivity index (χ0n) is 9.82. The molecule has 1 amide bonds. The number of aromatic nitrogens is 1. The second kappa shape index (κ2) is 5.60. The molecule has 0 bridgehead atoms. The summed E-state index contributed by atoms with van der Waals surface area (Å²) >= 11 is 3.28. The normalized spacial score (nSPS) is 20.5. The van der Waals surface area contributed by atoms with Crippen molar-refractivity contribution in [2.75, 3.05) is 26.7 Å². The number of rotatable bonds is 3. The van der Waals surface area contributed by atoms with Crippen LogP contribution in [0.5, 0.6) is 0 Å². The van der Waals surface area contributed by atoms with Crippen molar-refractivity contribution in [2.24, 2.45) is 5.92 Å². The fraction of sp³-hybridized carbons (Fsp3) is 0.500. The number of nitrogens with zero attached hydrogens (tertiary/aromatic N) is 2. The van der Waals surface area contributed by atoms with E-state index in [2.05, 4.69) is 38.2 Å². The summed E-state index contributed by atoms with van der Waals surface area (Å²) in [5.41, 5.74) is 0.596. The first kappa shape index (κ1) is 12.5. The van der Waals surface area contributed by atoms with Crippen LogP contribution in [-0.2, 0) is 0 Å². The smallest absolute Gasteiger partial charge is 0.254 e. The van der Waals surface area contributed by atoms with Gasteiger partial charge in [0.1, 0.15) is 4.60 Å². The van der Waals surface area contributed by atoms with E-state index >= 15 is 0 Å². The fourth-order valence-electron chi connectivity index (χ4n) is 2.08. The Morgan fingerprint density at radius 2 is 2.53 bits per heavy atom. The molecule has 2 heterocycles. The molecule has 1 aliphatic rings. The van der Waals surface area contributed by atoms with Crippen LogP contribution in [0.1, 0.15) is 16.8 Å². The molecule has 1 unspecified atom stereocenters. The lowest BCUT2D eigenvalue weighted by Crippen LogP contribution is -2.30. The molecule has 2 rings (SSSR count). The minimum absolute atomic E-state index is 0.0560. The summed E-state index contributed by atoms with van der Waals surface area (Å²) in [6, 6.07) is 3.54. The number of carbonyl (C=O) groups is 1. The van der Waals surface area contributed by atoms with Crippen LogP contribution in [0.15, 0.2) is 22.9 Å². The Morgan fingerprint density at radius 3 is 3.18 bits per heavy atom. The molecule has 1 atom stereocenters. The van der Waals surface area contributed by atoms with E-state index in [1.165, 1.54) is 0 Å². The molecule has 1 saturated heterocycles. The van der Waals surface area contributed by atoms with Crippen molar-refractivity contribution in [3.05, 3.63) is 28.5 Å². The van der Waals surface area contributed by atoms with Gasteiger partial charge in [-0.25, -0.2) is 4.98 Å². The fourth-order valence-corrected chi connectivity index (χ4v) is 2.51. The number of hydrogen-bond acceptors (Lipinski definition) is 3. The molecule has 5 heteroatoms. The molecule has 92 valence electrons. The Kier molecular flexibility index (Phi) is 4.12. The van der Waals surface area contributed by atoms with Crippen LogP contribution >= 0.6 is 15.9 Å². The Bertz CT molecular complexity index is 410. The zero-order chi connectivity index (χ0) is 12.3. The largest absolute Gasteiger partial charge is 0.352 e. The monoisotopic (exact) mass is 297 g/mol. The highest BCUT2D eigenvalue weighted by Crippen LogP contribution is 2.15. The van der Waals surface area contributed by atoms with E-state index < -0.39 is 0 Å². The summed E-state index contributed by atoms with van der Waals surface area (Å²) < 4.78 is 0.598. The molecule has 0 aromatic carbocycles. The van der Waals surface area contributed by atoms with Crippen LogP contribution in [0, 0.1) is 5.92 Å². The van der Waals surface area contributed by atoms with Crippen LogP contribution in [0.2, 0.25) is 0 Å². The molecule has 1 N–H and O–H groups in total. The Balaban J connectivity index is 1.88. The summed E-state index contributed by atoms with van der Waals surface area (Å²) in [6.07, 6.45) is 2.82. The molecule has 0 spiro atoms. The third-order valence-corrected chi connectivity index (χ3v) is 3.68. The molecule has 1 aliphatic heterocycles. The highest BCUT2D eigenvalue weighted by molar-refractivity contribution is 9.10. The summed E-state index contributed by atoms with van der Waals surface area (Å²) in [7, 11) is 2.11. The Morgan fingerprint density at radius 1 is 1.71 bits per heavy atom. The summed E-state index contributed by atoms with van der Waals surface area (Å²) in [6.45, 7) is 2.93. The topological polar surface area (TPSA) is 45.2 Å². The van der Waals surface area contributed by atoms with Gasteiger partial charge in [0, 0.05) is 19.3 Å². The molecule has 0 saturated carbocycles. The third-order valence-electron chi connectivity index (χ3n) is 3.04. The standard InChI is InChI=1S/C12H16BrN3O/c1-16-6-4-9(8-16)7-15-12(17)10-3-2-5-14-11(10)13/h2-3,5,9H,4,6-8H2,1H3,(H,15,17). The lowest BCUT2D eigenvalue weighted by atomic mass is 10.1. The van der Waals surface area contributed by atoms with Gasteiger partial charge in [0.05, 0.1) is 5.56 Å². The number of likely N-dealkylation sites (tertiary alicyclic amines) is 1. The van der Waals surface area contributed by atoms with Gasteiger partial charge < -0.3 is 10.2 Å². The van der Waals surface area contributed by atoms with E-state index in [0.717, 1.165) is 26.1 Å². The zero-order valence-corrected chi connectivity index (χ0v) is 11.4. The predicted molar refractivity (Wildman–Crippen MR) is 69.9 cm³/mol. The summed E-state index contributed by atoms with van der Waals surface area (Å²) in [4.78, 5) is 18.2. The number of carbonyl (C=O) groups excluding carboxylic acids is 1. The van der Waals surface area contributed by atoms with Crippen molar-refractivity contribution >= 4 is 21.8 Å². The lowest BCUT2D eigenvalue weighted by molar-refractivity contribution is 0.0946. The van der Waals surface area contributed by atoms with Gasteiger partial charge >= 0.3 is 0 Å². The highest BCUT2D eigenvalue weighted by Gasteiger charge is 2.20. The third kappa shape index (κ3) is 3.26. The van der Waals surface area contributed by atoms with E-state index in [1.54, 1.807) is 18.3 Å². The van der Waals surface area contributed by atoms with Crippen molar-refractivity contribution in [3.8, 4) is 0 Å². The first-order valence-corrected chi connectivity index (χ1v) is 6.53. The van der Waals surface area contributed by atoms with Crippen LogP contribution < -0.4 is 5.32 Å². The number of amides is 1. The van der Waals surface area contributed by atoms with E-state index in [4.69, 9.17) is 0 Å². The van der Waals surface area contributed by atoms with Crippen LogP contribution in [0.4, 0.5) is 0 Å². The predicted octanol–water partition coefficient (Wildman–Crippen LogP) is 1.53. The summed E-state index contributed by atoms with van der Waals surface area (Å²) in [5.74, 6) is 0.513. The van der Waals surface area contributed by atoms with Crippen molar-refractivity contribution in [2.45, 2.75) is 6.42 Å². The van der Waals surface area contributed by atoms with Gasteiger partial charge in [0.25, 0.3) is 5.91 Å². The van der Waals surface area contributed by atoms with E-state index in [9.17, 15) is 4.79 Å². The van der Waals surface area contributed by atoms with Crippen LogP contribution in [0.3, 0.4) is 0 Å². The number of pyridine rings is 1. The Hall–Kier alpha value is -0.940. The van der Waals surface area contributed by atoms with Gasteiger partial charge in [-0.2, -0.15) is 0 Å². The maximum atomic E-state index is 11.9. The number of hydrogen-bond donors (Lipinski definition) is 1. The van der Waals surface area contributed by atoms with Crippen molar-refractivity contribution in [1.82, 2.24) is 15.2 Å². The SMILES string of the molecule is CN1CCC(CNC(=O)c2cccnc2Br)C1. The van der Waals surface area contributed by atoms with Crippen molar-refractivity contribution < 1.29 is 4.79 Å². The quantitative estimate of drug-likeness (QED) is 0.861. The minimum atomic E-state index is -0.0560. The van der Waals surface area contributed by atoms with Crippen molar-refractivity contribution in [3.63, 3.8) is 0 Å². The summed E-state index contributed by atoms with van der Waals surface area (Å²) in [5, 5.41) is 2.97. The van der Waals surface area contributed by atoms with Gasteiger partial charge in [-0.05, 0) is 54.0 Å². The minimum Gasteiger partial charge on any atom is -0.352 e. The maximum absolute atomic E-state index is 11.9. The molecule has 1 aromatic rings. The first-order chi connectivity index (χ1) is 8.16. The molecular formula is C12H16BrN3O. The van der Waals surface area contributed by atoms with E-state index in [1.807, 2.05) is 0 Å². The second-order valence-electron chi connectivity index (χ2n) is 4.47. The van der Waals surface area contributed by atoms with Crippen LogP contribution in [0.25, 0.3) is 0 Å². The molecule has 17 heavy (non-hydrogen) atoms. The van der Waals surface area contributed by atoms with Gasteiger partial charge in [-0.1, -0.05) is 0 Å². The maximum Gasteiger partial charge on any atom is 0.254 e. The van der Waals surface area contributed by atoms with Crippen LogP contribution in [-0.4, -0.2) is 42.5 Å². The average molecular weight is 298 g/mol. The van der Waals surface area contributed by atoms with E-state index in [-0.39, 0.29) is 5.91 Å². The average Bonchev–Trinajstić information content (AvgIpc) is 2.73. The van der Waals surface area contributed by atoms with Crippen molar-refractivity contribution in [1.29, 1.82) is 0 Å².